The van der Waals surface area contributed by atoms with Crippen LogP contribution in [0.4, 0.5) is 11.4 Å². The Morgan fingerprint density at radius 1 is 1.28 bits per heavy atom. The Balaban J connectivity index is 2.33. The van der Waals surface area contributed by atoms with Crippen molar-refractivity contribution in [2.45, 2.75) is 19.9 Å². The lowest BCUT2D eigenvalue weighted by molar-refractivity contribution is -0.137. The van der Waals surface area contributed by atoms with Gasteiger partial charge in [0, 0.05) is 12.1 Å². The standard InChI is InChI=1S/C17H21N3O5/c1-10(2)18-12-5-4-11(17(24)25-3)8-13(12)19-14-9-15(22)20(6-7-21)16(14)23/h4-5,8-10,18-19,21H,6-7H2,1-3H3. The first-order chi connectivity index (χ1) is 11.9. The highest BCUT2D eigenvalue weighted by Gasteiger charge is 2.31. The summed E-state index contributed by atoms with van der Waals surface area (Å²) < 4.78 is 4.71. The Bertz CT molecular complexity index is 727. The van der Waals surface area contributed by atoms with E-state index in [9.17, 15) is 14.4 Å². The van der Waals surface area contributed by atoms with Crippen LogP contribution in [0.1, 0.15) is 24.2 Å². The van der Waals surface area contributed by atoms with Crippen LogP contribution in [-0.2, 0) is 14.3 Å². The van der Waals surface area contributed by atoms with Crippen molar-refractivity contribution in [1.82, 2.24) is 4.90 Å². The number of amides is 2. The van der Waals surface area contributed by atoms with Gasteiger partial charge in [0.1, 0.15) is 5.70 Å². The third-order valence-corrected chi connectivity index (χ3v) is 3.49. The minimum Gasteiger partial charge on any atom is -0.465 e. The van der Waals surface area contributed by atoms with Crippen LogP contribution in [0.5, 0.6) is 0 Å². The first-order valence-electron chi connectivity index (χ1n) is 7.81. The summed E-state index contributed by atoms with van der Waals surface area (Å²) in [5.41, 5.74) is 1.52. The normalized spacial score (nSPS) is 14.0. The smallest absolute Gasteiger partial charge is 0.337 e. The fraction of sp³-hybridized carbons (Fsp3) is 0.353. The van der Waals surface area contributed by atoms with Crippen molar-refractivity contribution in [3.8, 4) is 0 Å². The van der Waals surface area contributed by atoms with Crippen LogP contribution in [0.2, 0.25) is 0 Å². The van der Waals surface area contributed by atoms with E-state index in [4.69, 9.17) is 9.84 Å². The quantitative estimate of drug-likeness (QED) is 0.498. The number of carbonyl (C=O) groups excluding carboxylic acids is 3. The number of hydrogen-bond acceptors (Lipinski definition) is 7. The molecule has 1 aromatic rings. The Kier molecular flexibility index (Phi) is 5.76. The molecule has 0 aliphatic carbocycles. The van der Waals surface area contributed by atoms with E-state index < -0.39 is 17.8 Å². The van der Waals surface area contributed by atoms with Gasteiger partial charge in [0.05, 0.1) is 37.2 Å². The first kappa shape index (κ1) is 18.5. The molecule has 0 aromatic heterocycles. The molecule has 2 amide bonds. The van der Waals surface area contributed by atoms with Crippen molar-refractivity contribution in [3.63, 3.8) is 0 Å². The average Bonchev–Trinajstić information content (AvgIpc) is 2.83. The summed E-state index contributed by atoms with van der Waals surface area (Å²) in [7, 11) is 1.28. The van der Waals surface area contributed by atoms with Crippen molar-refractivity contribution in [3.05, 3.63) is 35.5 Å². The van der Waals surface area contributed by atoms with Gasteiger partial charge in [-0.15, -0.1) is 0 Å². The van der Waals surface area contributed by atoms with Crippen molar-refractivity contribution in [2.75, 3.05) is 30.9 Å². The van der Waals surface area contributed by atoms with Gasteiger partial charge in [-0.2, -0.15) is 0 Å². The van der Waals surface area contributed by atoms with Crippen LogP contribution in [0.3, 0.4) is 0 Å². The van der Waals surface area contributed by atoms with Crippen LogP contribution in [-0.4, -0.2) is 54.1 Å². The third-order valence-electron chi connectivity index (χ3n) is 3.49. The lowest BCUT2D eigenvalue weighted by atomic mass is 10.1. The molecule has 0 spiro atoms. The number of benzene rings is 1. The van der Waals surface area contributed by atoms with Crippen LogP contribution < -0.4 is 10.6 Å². The van der Waals surface area contributed by atoms with Gasteiger partial charge in [-0.1, -0.05) is 0 Å². The van der Waals surface area contributed by atoms with Crippen molar-refractivity contribution < 1.29 is 24.2 Å². The number of methoxy groups -OCH3 is 1. The van der Waals surface area contributed by atoms with Crippen molar-refractivity contribution in [1.29, 1.82) is 0 Å². The topological polar surface area (TPSA) is 108 Å². The number of anilines is 2. The number of nitrogens with one attached hydrogen (secondary N) is 2. The monoisotopic (exact) mass is 347 g/mol. The zero-order valence-electron chi connectivity index (χ0n) is 14.3. The molecule has 1 aromatic carbocycles. The van der Waals surface area contributed by atoms with Crippen LogP contribution in [0.15, 0.2) is 30.0 Å². The van der Waals surface area contributed by atoms with E-state index in [1.807, 2.05) is 13.8 Å². The number of rotatable bonds is 7. The summed E-state index contributed by atoms with van der Waals surface area (Å²) in [5, 5.41) is 15.1. The Morgan fingerprint density at radius 3 is 2.60 bits per heavy atom. The van der Waals surface area contributed by atoms with Gasteiger partial charge in [-0.25, -0.2) is 4.79 Å². The molecule has 1 heterocycles. The van der Waals surface area contributed by atoms with Gasteiger partial charge in [-0.3, -0.25) is 14.5 Å². The molecule has 0 saturated carbocycles. The number of hydrogen-bond donors (Lipinski definition) is 3. The molecule has 2 rings (SSSR count). The molecular formula is C17H21N3O5. The lowest BCUT2D eigenvalue weighted by Gasteiger charge is -2.18. The van der Waals surface area contributed by atoms with E-state index in [1.165, 1.54) is 13.2 Å². The fourth-order valence-electron chi connectivity index (χ4n) is 2.38. The zero-order valence-corrected chi connectivity index (χ0v) is 14.3. The molecule has 0 atom stereocenters. The van der Waals surface area contributed by atoms with Crippen molar-refractivity contribution >= 4 is 29.2 Å². The van der Waals surface area contributed by atoms with Gasteiger partial charge < -0.3 is 20.5 Å². The minimum atomic E-state index is -0.530. The number of nitrogens with zero attached hydrogens (tertiary/aromatic N) is 1. The van der Waals surface area contributed by atoms with Gasteiger partial charge >= 0.3 is 5.97 Å². The largest absolute Gasteiger partial charge is 0.465 e. The molecule has 134 valence electrons. The summed E-state index contributed by atoms with van der Waals surface area (Å²) in [6.45, 7) is 3.52. The van der Waals surface area contributed by atoms with Crippen LogP contribution in [0.25, 0.3) is 0 Å². The predicted molar refractivity (Wildman–Crippen MR) is 92.1 cm³/mol. The molecule has 25 heavy (non-hydrogen) atoms. The summed E-state index contributed by atoms with van der Waals surface area (Å²) >= 11 is 0. The molecular weight excluding hydrogens is 326 g/mol. The van der Waals surface area contributed by atoms with Gasteiger partial charge in [-0.05, 0) is 32.0 Å². The Labute approximate surface area is 145 Å². The molecule has 8 nitrogen and oxygen atoms in total. The Morgan fingerprint density at radius 2 is 2.00 bits per heavy atom. The maximum Gasteiger partial charge on any atom is 0.337 e. The second-order valence-electron chi connectivity index (χ2n) is 5.75. The molecule has 1 aliphatic rings. The van der Waals surface area contributed by atoms with Crippen LogP contribution in [0, 0.1) is 0 Å². The molecule has 0 saturated heterocycles. The summed E-state index contributed by atoms with van der Waals surface area (Å²) in [5.74, 6) is -1.54. The lowest BCUT2D eigenvalue weighted by Crippen LogP contribution is -2.34. The number of aliphatic hydroxyl groups is 1. The molecule has 3 N–H and O–H groups in total. The summed E-state index contributed by atoms with van der Waals surface area (Å²) in [4.78, 5) is 36.8. The highest BCUT2D eigenvalue weighted by Crippen LogP contribution is 2.27. The second-order valence-corrected chi connectivity index (χ2v) is 5.75. The van der Waals surface area contributed by atoms with E-state index in [0.717, 1.165) is 4.90 Å². The molecule has 0 unspecified atom stereocenters. The third kappa shape index (κ3) is 4.16. The number of ether oxygens (including phenoxy) is 1. The number of imide groups is 1. The maximum absolute atomic E-state index is 12.3. The second kappa shape index (κ2) is 7.80. The molecule has 8 heteroatoms. The molecule has 1 aliphatic heterocycles. The minimum absolute atomic E-state index is 0.0708. The van der Waals surface area contributed by atoms with E-state index in [-0.39, 0.29) is 24.9 Å². The van der Waals surface area contributed by atoms with E-state index in [1.54, 1.807) is 18.2 Å². The molecule has 0 bridgehead atoms. The zero-order chi connectivity index (χ0) is 18.6. The summed E-state index contributed by atoms with van der Waals surface area (Å²) in [6.07, 6.45) is 1.17. The molecule has 0 radical (unpaired) electrons. The number of β-amino-alcohol motifs (C(OH)–C–C–N with tert-alkyl or cyclic N) is 1. The van der Waals surface area contributed by atoms with E-state index in [0.29, 0.717) is 16.9 Å². The van der Waals surface area contributed by atoms with Crippen LogP contribution >= 0.6 is 0 Å². The maximum atomic E-state index is 12.3. The van der Waals surface area contributed by atoms with Crippen molar-refractivity contribution in [2.24, 2.45) is 0 Å². The fourth-order valence-corrected chi connectivity index (χ4v) is 2.38. The van der Waals surface area contributed by atoms with Gasteiger partial charge in [0.2, 0.25) is 0 Å². The Hall–Kier alpha value is -2.87. The van der Waals surface area contributed by atoms with Gasteiger partial charge in [0.15, 0.2) is 0 Å². The predicted octanol–water partition coefficient (Wildman–Crippen LogP) is 0.950. The molecule has 0 fully saturated rings. The number of esters is 1. The highest BCUT2D eigenvalue weighted by molar-refractivity contribution is 6.17. The van der Waals surface area contributed by atoms with Gasteiger partial charge in [0.25, 0.3) is 11.8 Å². The number of carbonyl (C=O) groups is 3. The first-order valence-corrected chi connectivity index (χ1v) is 7.81. The average molecular weight is 347 g/mol. The summed E-state index contributed by atoms with van der Waals surface area (Å²) in [6, 6.07) is 4.96. The SMILES string of the molecule is COC(=O)c1ccc(NC(C)C)c(NC2=CC(=O)N(CCO)C2=O)c1. The number of aliphatic hydroxyl groups excluding tert-OH is 1. The highest BCUT2D eigenvalue weighted by atomic mass is 16.5. The van der Waals surface area contributed by atoms with E-state index in [2.05, 4.69) is 10.6 Å². The van der Waals surface area contributed by atoms with E-state index >= 15 is 0 Å².